The molecule has 2 aromatic carbocycles. The number of aromatic nitrogens is 2. The summed E-state index contributed by atoms with van der Waals surface area (Å²) in [4.78, 5) is 18.7. The third-order valence-electron chi connectivity index (χ3n) is 4.13. The van der Waals surface area contributed by atoms with Gasteiger partial charge in [0.1, 0.15) is 12.3 Å². The third-order valence-corrected chi connectivity index (χ3v) is 4.85. The number of aryl methyl sites for hydroxylation is 1. The number of ether oxygens (including phenoxy) is 1. The fourth-order valence-electron chi connectivity index (χ4n) is 2.63. The predicted molar refractivity (Wildman–Crippen MR) is 115 cm³/mol. The summed E-state index contributed by atoms with van der Waals surface area (Å²) < 4.78 is 12.1. The molecule has 1 heterocycles. The van der Waals surface area contributed by atoms with Crippen molar-refractivity contribution in [2.45, 2.75) is 26.8 Å². The van der Waals surface area contributed by atoms with Crippen molar-refractivity contribution in [1.29, 1.82) is 0 Å². The lowest BCUT2D eigenvalue weighted by molar-refractivity contribution is -0.134. The molecule has 7 heteroatoms. The molecule has 0 aliphatic carbocycles. The Morgan fingerprint density at radius 2 is 1.86 bits per heavy atom. The van der Waals surface area contributed by atoms with Crippen LogP contribution in [-0.4, -0.2) is 34.1 Å². The molecule has 0 fully saturated rings. The molecular formula is C21H22IN3O3. The first-order valence-electron chi connectivity index (χ1n) is 9.11. The Kier molecular flexibility index (Phi) is 7.02. The fourth-order valence-corrected chi connectivity index (χ4v) is 2.99. The number of hydrogen-bond donors (Lipinski definition) is 0. The van der Waals surface area contributed by atoms with E-state index >= 15 is 0 Å². The lowest BCUT2D eigenvalue weighted by Gasteiger charge is -2.20. The fraction of sp³-hybridized carbons (Fsp3) is 0.286. The largest absolute Gasteiger partial charge is 0.484 e. The molecule has 0 saturated heterocycles. The summed E-state index contributed by atoms with van der Waals surface area (Å²) in [5.41, 5.74) is 2.05. The summed E-state index contributed by atoms with van der Waals surface area (Å²) in [6, 6.07) is 15.5. The highest BCUT2D eigenvalue weighted by atomic mass is 127. The minimum Gasteiger partial charge on any atom is -0.484 e. The van der Waals surface area contributed by atoms with E-state index in [1.54, 1.807) is 4.90 Å². The van der Waals surface area contributed by atoms with E-state index < -0.39 is 0 Å². The number of amides is 1. The molecule has 146 valence electrons. The number of rotatable bonds is 8. The molecule has 0 aliphatic rings. The average molecular weight is 491 g/mol. The van der Waals surface area contributed by atoms with Gasteiger partial charge in [0.05, 0.1) is 0 Å². The molecule has 28 heavy (non-hydrogen) atoms. The molecule has 0 spiro atoms. The molecule has 0 unspecified atom stereocenters. The number of benzene rings is 2. The number of nitrogens with zero attached hydrogens (tertiary/aromatic N) is 3. The van der Waals surface area contributed by atoms with Gasteiger partial charge >= 0.3 is 0 Å². The monoisotopic (exact) mass is 491 g/mol. The molecule has 0 N–H and O–H groups in total. The molecule has 0 aliphatic heterocycles. The Morgan fingerprint density at radius 1 is 1.14 bits per heavy atom. The van der Waals surface area contributed by atoms with E-state index in [2.05, 4.69) is 32.7 Å². The topological polar surface area (TPSA) is 68.5 Å². The van der Waals surface area contributed by atoms with Crippen LogP contribution < -0.4 is 4.74 Å². The SMILES string of the molecule is CCCN(Cc1nc(-c2ccc(C)cc2)no1)C(=O)COc1ccc(I)cc1. The molecule has 1 amide bonds. The van der Waals surface area contributed by atoms with Gasteiger partial charge in [-0.05, 0) is 60.2 Å². The summed E-state index contributed by atoms with van der Waals surface area (Å²) >= 11 is 2.23. The van der Waals surface area contributed by atoms with Gasteiger partial charge in [-0.1, -0.05) is 41.9 Å². The van der Waals surface area contributed by atoms with Gasteiger partial charge in [0.2, 0.25) is 11.7 Å². The third kappa shape index (κ3) is 5.54. The van der Waals surface area contributed by atoms with Crippen molar-refractivity contribution >= 4 is 28.5 Å². The number of carbonyl (C=O) groups excluding carboxylic acids is 1. The van der Waals surface area contributed by atoms with Crippen molar-refractivity contribution in [2.24, 2.45) is 0 Å². The Bertz CT molecular complexity index is 907. The number of hydrogen-bond acceptors (Lipinski definition) is 5. The van der Waals surface area contributed by atoms with Crippen molar-refractivity contribution in [3.8, 4) is 17.1 Å². The molecule has 0 radical (unpaired) electrons. The molecule has 6 nitrogen and oxygen atoms in total. The van der Waals surface area contributed by atoms with Crippen LogP contribution in [0.2, 0.25) is 0 Å². The zero-order valence-electron chi connectivity index (χ0n) is 15.9. The van der Waals surface area contributed by atoms with Crippen molar-refractivity contribution < 1.29 is 14.1 Å². The first-order valence-corrected chi connectivity index (χ1v) is 10.2. The van der Waals surface area contributed by atoms with E-state index in [-0.39, 0.29) is 19.1 Å². The number of halogens is 1. The van der Waals surface area contributed by atoms with E-state index in [4.69, 9.17) is 9.26 Å². The molecule has 3 aromatic rings. The van der Waals surface area contributed by atoms with Gasteiger partial charge in [0.15, 0.2) is 6.61 Å². The molecule has 1 aromatic heterocycles. The Labute approximate surface area is 178 Å². The summed E-state index contributed by atoms with van der Waals surface area (Å²) in [5, 5.41) is 4.03. The first kappa shape index (κ1) is 20.3. The molecule has 0 saturated carbocycles. The lowest BCUT2D eigenvalue weighted by Crippen LogP contribution is -2.35. The summed E-state index contributed by atoms with van der Waals surface area (Å²) in [5.74, 6) is 1.49. The predicted octanol–water partition coefficient (Wildman–Crippen LogP) is 4.47. The maximum Gasteiger partial charge on any atom is 0.260 e. The maximum absolute atomic E-state index is 12.6. The van der Waals surface area contributed by atoms with Crippen molar-refractivity contribution in [2.75, 3.05) is 13.2 Å². The summed E-state index contributed by atoms with van der Waals surface area (Å²) in [7, 11) is 0. The highest BCUT2D eigenvalue weighted by Crippen LogP contribution is 2.17. The van der Waals surface area contributed by atoms with Gasteiger partial charge in [0.25, 0.3) is 5.91 Å². The normalized spacial score (nSPS) is 10.7. The van der Waals surface area contributed by atoms with Crippen LogP contribution in [0.5, 0.6) is 5.75 Å². The Hall–Kier alpha value is -2.42. The highest BCUT2D eigenvalue weighted by molar-refractivity contribution is 14.1. The van der Waals surface area contributed by atoms with Crippen LogP contribution in [0, 0.1) is 10.5 Å². The second kappa shape index (κ2) is 9.68. The average Bonchev–Trinajstić information content (AvgIpc) is 3.16. The highest BCUT2D eigenvalue weighted by Gasteiger charge is 2.18. The molecule has 0 bridgehead atoms. The maximum atomic E-state index is 12.6. The Balaban J connectivity index is 1.62. The first-order chi connectivity index (χ1) is 13.5. The van der Waals surface area contributed by atoms with Gasteiger partial charge in [-0.2, -0.15) is 4.98 Å². The van der Waals surface area contributed by atoms with Gasteiger partial charge in [-0.15, -0.1) is 0 Å². The van der Waals surface area contributed by atoms with Gasteiger partial charge < -0.3 is 14.2 Å². The van der Waals surface area contributed by atoms with Crippen LogP contribution in [0.1, 0.15) is 24.8 Å². The standard InChI is InChI=1S/C21H22IN3O3/c1-3-12-25(20(26)14-27-18-10-8-17(22)9-11-18)13-19-23-21(24-28-19)16-6-4-15(2)5-7-16/h4-11H,3,12-14H2,1-2H3. The van der Waals surface area contributed by atoms with Crippen LogP contribution in [-0.2, 0) is 11.3 Å². The minimum absolute atomic E-state index is 0.0282. The van der Waals surface area contributed by atoms with Crippen molar-refractivity contribution in [3.05, 3.63) is 63.6 Å². The van der Waals surface area contributed by atoms with E-state index in [1.807, 2.05) is 62.4 Å². The van der Waals surface area contributed by atoms with Crippen LogP contribution in [0.25, 0.3) is 11.4 Å². The second-order valence-corrected chi connectivity index (χ2v) is 7.68. The van der Waals surface area contributed by atoms with Crippen molar-refractivity contribution in [1.82, 2.24) is 15.0 Å². The van der Waals surface area contributed by atoms with Crippen LogP contribution in [0.3, 0.4) is 0 Å². The zero-order valence-corrected chi connectivity index (χ0v) is 18.0. The van der Waals surface area contributed by atoms with E-state index in [0.717, 1.165) is 15.6 Å². The summed E-state index contributed by atoms with van der Waals surface area (Å²) in [6.45, 7) is 4.88. The second-order valence-electron chi connectivity index (χ2n) is 6.44. The van der Waals surface area contributed by atoms with Gasteiger partial charge in [0, 0.05) is 15.7 Å². The van der Waals surface area contributed by atoms with Gasteiger partial charge in [-0.3, -0.25) is 4.79 Å². The quantitative estimate of drug-likeness (QED) is 0.435. The van der Waals surface area contributed by atoms with Crippen molar-refractivity contribution in [3.63, 3.8) is 0 Å². The molecular weight excluding hydrogens is 469 g/mol. The van der Waals surface area contributed by atoms with Crippen LogP contribution >= 0.6 is 22.6 Å². The minimum atomic E-state index is -0.115. The molecule has 0 atom stereocenters. The van der Waals surface area contributed by atoms with Gasteiger partial charge in [-0.25, -0.2) is 0 Å². The Morgan fingerprint density at radius 3 is 2.54 bits per heavy atom. The number of carbonyl (C=O) groups is 1. The van der Waals surface area contributed by atoms with E-state index in [1.165, 1.54) is 5.56 Å². The van der Waals surface area contributed by atoms with E-state index in [0.29, 0.717) is 24.0 Å². The van der Waals surface area contributed by atoms with E-state index in [9.17, 15) is 4.79 Å². The lowest BCUT2D eigenvalue weighted by atomic mass is 10.1. The van der Waals surface area contributed by atoms with Crippen LogP contribution in [0.4, 0.5) is 0 Å². The smallest absolute Gasteiger partial charge is 0.260 e. The van der Waals surface area contributed by atoms with Crippen LogP contribution in [0.15, 0.2) is 53.1 Å². The zero-order chi connectivity index (χ0) is 19.9. The summed E-state index contributed by atoms with van der Waals surface area (Å²) in [6.07, 6.45) is 0.828. The molecule has 3 rings (SSSR count).